The van der Waals surface area contributed by atoms with Crippen molar-refractivity contribution in [2.24, 2.45) is 0 Å². The number of rotatable bonds is 10. The number of nitrogens with one attached hydrogen (secondary N) is 3. The summed E-state index contributed by atoms with van der Waals surface area (Å²) >= 11 is 0. The molecule has 9 nitrogen and oxygen atoms in total. The molecule has 3 N–H and O–H groups in total. The first-order valence-corrected chi connectivity index (χ1v) is 15.1. The minimum Gasteiger partial charge on any atom is -0.375 e. The molecule has 3 aromatic rings. The van der Waals surface area contributed by atoms with Gasteiger partial charge in [0.15, 0.2) is 5.69 Å². The predicted molar refractivity (Wildman–Crippen MR) is 165 cm³/mol. The molecule has 0 aliphatic carbocycles. The van der Waals surface area contributed by atoms with E-state index in [-0.39, 0.29) is 43.4 Å². The van der Waals surface area contributed by atoms with Crippen LogP contribution in [0, 0.1) is 0 Å². The number of piperidine rings is 1. The third kappa shape index (κ3) is 7.09. The normalized spacial score (nSPS) is 19.8. The molecule has 0 bridgehead atoms. The molecule has 2 atom stereocenters. The quantitative estimate of drug-likeness (QED) is 0.298. The van der Waals surface area contributed by atoms with Gasteiger partial charge in [-0.3, -0.25) is 15.1 Å². The van der Waals surface area contributed by atoms with Crippen LogP contribution in [0.2, 0.25) is 0 Å². The van der Waals surface area contributed by atoms with Crippen molar-refractivity contribution in [2.75, 3.05) is 32.5 Å². The number of fused-ring (bicyclic) bond motifs is 2. The Kier molecular flexibility index (Phi) is 11.3. The number of pyridine rings is 1. The lowest BCUT2D eigenvalue weighted by Gasteiger charge is -2.36. The number of hydrogen-bond acceptors (Lipinski definition) is 7. The summed E-state index contributed by atoms with van der Waals surface area (Å²) in [6, 6.07) is 20.3. The Morgan fingerprint density at radius 1 is 1.02 bits per heavy atom. The Labute approximate surface area is 254 Å². The third-order valence-corrected chi connectivity index (χ3v) is 9.34. The van der Waals surface area contributed by atoms with Crippen molar-refractivity contribution in [1.82, 2.24) is 25.0 Å². The van der Waals surface area contributed by atoms with Gasteiger partial charge in [0, 0.05) is 30.6 Å². The topological polar surface area (TPSA) is 109 Å². The van der Waals surface area contributed by atoms with Gasteiger partial charge >= 0.3 is 10.0 Å². The predicted octanol–water partition coefficient (Wildman–Crippen LogP) is 3.23. The zero-order chi connectivity index (χ0) is 27.3. The van der Waals surface area contributed by atoms with Crippen molar-refractivity contribution in [3.05, 3.63) is 95.8 Å². The molecule has 222 valence electrons. The van der Waals surface area contributed by atoms with Crippen molar-refractivity contribution in [3.63, 3.8) is 0 Å². The Hall–Kier alpha value is -2.57. The number of nitrogens with zero attached hydrogens (tertiary/aromatic N) is 2. The maximum absolute atomic E-state index is 13.9. The van der Waals surface area contributed by atoms with E-state index in [0.29, 0.717) is 18.8 Å². The van der Waals surface area contributed by atoms with Crippen LogP contribution in [0.25, 0.3) is 0 Å². The van der Waals surface area contributed by atoms with Crippen LogP contribution in [0.1, 0.15) is 29.5 Å². The summed E-state index contributed by atoms with van der Waals surface area (Å²) in [7, 11) is -3.81. The lowest BCUT2D eigenvalue weighted by Crippen LogP contribution is -2.68. The highest BCUT2D eigenvalue weighted by Crippen LogP contribution is 2.50. The minimum atomic E-state index is -3.81. The van der Waals surface area contributed by atoms with E-state index in [0.717, 1.165) is 42.6 Å². The molecule has 0 radical (unpaired) electrons. The van der Waals surface area contributed by atoms with E-state index < -0.39 is 26.0 Å². The van der Waals surface area contributed by atoms with Gasteiger partial charge < -0.3 is 10.1 Å². The number of halogens is 2. The number of amides is 1. The number of sulfonamides is 1. The molecule has 2 aromatic carbocycles. The van der Waals surface area contributed by atoms with E-state index >= 15 is 0 Å². The maximum atomic E-state index is 13.9. The van der Waals surface area contributed by atoms with Crippen LogP contribution < -0.4 is 20.1 Å². The highest BCUT2D eigenvalue weighted by atomic mass is 35.5. The summed E-state index contributed by atoms with van der Waals surface area (Å²) in [4.78, 5) is 18.1. The molecule has 2 aliphatic rings. The number of quaternary nitrogens is 1. The lowest BCUT2D eigenvalue weighted by molar-refractivity contribution is -0.127. The average Bonchev–Trinajstić information content (AvgIpc) is 3.22. The van der Waals surface area contributed by atoms with Gasteiger partial charge in [-0.2, -0.15) is 13.8 Å². The second-order valence-electron chi connectivity index (χ2n) is 10.4. The Morgan fingerprint density at radius 3 is 2.39 bits per heavy atom. The van der Waals surface area contributed by atoms with Crippen LogP contribution in [0.3, 0.4) is 0 Å². The minimum absolute atomic E-state index is 0. The molecule has 12 heteroatoms. The molecule has 5 rings (SSSR count). The summed E-state index contributed by atoms with van der Waals surface area (Å²) in [6.45, 7) is 2.65. The number of ether oxygens (including phenoxy) is 1. The highest BCUT2D eigenvalue weighted by molar-refractivity contribution is 7.90. The SMILES string of the molecule is CS(=O)(=O)[N+]1(NC(=O)C(COCc2ccccc2)NCc2cccnc2)CC2(CCNCC2)c2ccccc21.Cl.Cl. The van der Waals surface area contributed by atoms with E-state index in [1.54, 1.807) is 12.4 Å². The van der Waals surface area contributed by atoms with Crippen LogP contribution in [-0.4, -0.2) is 57.8 Å². The summed E-state index contributed by atoms with van der Waals surface area (Å²) in [5, 5.41) is 6.65. The van der Waals surface area contributed by atoms with Gasteiger partial charge in [-0.15, -0.1) is 24.8 Å². The van der Waals surface area contributed by atoms with Crippen LogP contribution >= 0.6 is 24.8 Å². The second-order valence-corrected chi connectivity index (χ2v) is 12.5. The maximum Gasteiger partial charge on any atom is 0.321 e. The summed E-state index contributed by atoms with van der Waals surface area (Å²) in [5.74, 6) is -0.432. The first-order chi connectivity index (χ1) is 18.8. The largest absolute Gasteiger partial charge is 0.375 e. The van der Waals surface area contributed by atoms with Crippen LogP contribution in [0.5, 0.6) is 0 Å². The van der Waals surface area contributed by atoms with Gasteiger partial charge in [-0.1, -0.05) is 58.6 Å². The summed E-state index contributed by atoms with van der Waals surface area (Å²) in [6.07, 6.45) is 6.23. The Bertz CT molecular complexity index is 1390. The molecule has 2 aliphatic heterocycles. The lowest BCUT2D eigenvalue weighted by atomic mass is 9.75. The van der Waals surface area contributed by atoms with Crippen LogP contribution in [0.4, 0.5) is 5.69 Å². The number of para-hydroxylation sites is 1. The zero-order valence-electron chi connectivity index (χ0n) is 23.0. The van der Waals surface area contributed by atoms with E-state index in [1.165, 1.54) is 6.26 Å². The fourth-order valence-electron chi connectivity index (χ4n) is 5.74. The molecular weight excluding hydrogens is 585 g/mol. The van der Waals surface area contributed by atoms with Crippen LogP contribution in [-0.2, 0) is 38.1 Å². The fraction of sp³-hybridized carbons (Fsp3) is 0.379. The van der Waals surface area contributed by atoms with Gasteiger partial charge in [0.2, 0.25) is 0 Å². The average molecular weight is 624 g/mol. The fourth-order valence-corrected chi connectivity index (χ4v) is 6.99. The van der Waals surface area contributed by atoms with E-state index in [9.17, 15) is 13.2 Å². The third-order valence-electron chi connectivity index (χ3n) is 7.80. The summed E-state index contributed by atoms with van der Waals surface area (Å²) < 4.78 is 32.5. The molecular formula is C29H38Cl2N5O4S+. The van der Waals surface area contributed by atoms with Crippen molar-refractivity contribution < 1.29 is 17.9 Å². The van der Waals surface area contributed by atoms with Crippen molar-refractivity contribution in [1.29, 1.82) is 0 Å². The molecule has 2 unspecified atom stereocenters. The molecule has 1 spiro atoms. The highest BCUT2D eigenvalue weighted by Gasteiger charge is 2.60. The summed E-state index contributed by atoms with van der Waals surface area (Å²) in [5.41, 5.74) is 6.16. The number of benzene rings is 2. The first-order valence-electron chi connectivity index (χ1n) is 13.3. The molecule has 3 heterocycles. The second kappa shape index (κ2) is 14.1. The first kappa shape index (κ1) is 32.9. The molecule has 0 saturated carbocycles. The van der Waals surface area contributed by atoms with Gasteiger partial charge in [-0.05, 0) is 43.1 Å². The van der Waals surface area contributed by atoms with Crippen molar-refractivity contribution >= 4 is 46.4 Å². The number of carbonyl (C=O) groups is 1. The van der Waals surface area contributed by atoms with Crippen LogP contribution in [0.15, 0.2) is 79.1 Å². The number of carbonyl (C=O) groups excluding carboxylic acids is 1. The zero-order valence-corrected chi connectivity index (χ0v) is 25.4. The molecule has 1 fully saturated rings. The van der Waals surface area contributed by atoms with E-state index in [4.69, 9.17) is 4.74 Å². The molecule has 1 amide bonds. The molecule has 1 saturated heterocycles. The van der Waals surface area contributed by atoms with Gasteiger partial charge in [-0.25, -0.2) is 0 Å². The molecule has 41 heavy (non-hydrogen) atoms. The van der Waals surface area contributed by atoms with Crippen molar-refractivity contribution in [2.45, 2.75) is 37.5 Å². The number of hydrogen-bond donors (Lipinski definition) is 3. The van der Waals surface area contributed by atoms with Gasteiger partial charge in [0.05, 0.1) is 24.9 Å². The number of aromatic nitrogens is 1. The molecule has 1 aromatic heterocycles. The Morgan fingerprint density at radius 2 is 1.71 bits per heavy atom. The van der Waals surface area contributed by atoms with E-state index in [2.05, 4.69) is 21.0 Å². The van der Waals surface area contributed by atoms with Crippen molar-refractivity contribution in [3.8, 4) is 0 Å². The smallest absolute Gasteiger partial charge is 0.321 e. The van der Waals surface area contributed by atoms with Gasteiger partial charge in [0.1, 0.15) is 12.6 Å². The van der Waals surface area contributed by atoms with E-state index in [1.807, 2.05) is 66.7 Å². The standard InChI is InChI=1S/C29H35N5O4S.2ClH/c1-39(36,37)34(22-29(13-16-30-17-14-29)25-11-5-6-12-27(25)34)33-28(35)26(32-19-24-10-7-15-31-18-24)21-38-20-23-8-3-2-4-9-23;;/h2-12,15,18,26,30,32H,13-14,16-17,19-22H2,1H3;2*1H/p+1. The van der Waals surface area contributed by atoms with Gasteiger partial charge in [0.25, 0.3) is 5.91 Å². The Balaban J connectivity index is 0.00000231. The monoisotopic (exact) mass is 622 g/mol.